The number of nitrogens with zero attached hydrogens (tertiary/aromatic N) is 3. The summed E-state index contributed by atoms with van der Waals surface area (Å²) in [4.78, 5) is 44.3. The highest BCUT2D eigenvalue weighted by Gasteiger charge is 2.54. The Labute approximate surface area is 196 Å². The van der Waals surface area contributed by atoms with Crippen LogP contribution in [0.25, 0.3) is 0 Å². The molecule has 0 unspecified atom stereocenters. The second-order valence-corrected chi connectivity index (χ2v) is 9.56. The molecule has 1 saturated carbocycles. The minimum atomic E-state index is -0.727. The molecular weight excluding hydrogens is 420 g/mol. The fraction of sp³-hybridized carbons (Fsp3) is 0.640. The van der Waals surface area contributed by atoms with E-state index in [2.05, 4.69) is 10.2 Å². The first-order valence-electron chi connectivity index (χ1n) is 12.2. The molecule has 4 rings (SSSR count). The van der Waals surface area contributed by atoms with Gasteiger partial charge in [-0.25, -0.2) is 0 Å². The Morgan fingerprint density at radius 3 is 2.45 bits per heavy atom. The summed E-state index contributed by atoms with van der Waals surface area (Å²) in [6, 6.07) is 9.89. The number of methoxy groups -OCH3 is 1. The number of likely N-dealkylation sites (tertiary alicyclic amines) is 1. The lowest BCUT2D eigenvalue weighted by Gasteiger charge is -2.43. The average Bonchev–Trinajstić information content (AvgIpc) is 3.10. The van der Waals surface area contributed by atoms with Gasteiger partial charge in [0.15, 0.2) is 0 Å². The molecule has 0 radical (unpaired) electrons. The van der Waals surface area contributed by atoms with Crippen LogP contribution in [0.3, 0.4) is 0 Å². The summed E-state index contributed by atoms with van der Waals surface area (Å²) in [7, 11) is 1.51. The summed E-state index contributed by atoms with van der Waals surface area (Å²) in [6.45, 7) is 2.20. The molecule has 2 saturated heterocycles. The number of carbonyl (C=O) groups excluding carboxylic acids is 3. The molecule has 0 atom stereocenters. The van der Waals surface area contributed by atoms with E-state index in [1.807, 2.05) is 30.3 Å². The van der Waals surface area contributed by atoms with E-state index in [0.717, 1.165) is 5.69 Å². The SMILES string of the molecule is COCC(=O)N1CCC2(CC1)C(=O)N(CC(=O)NCC1CCCCC1)CN2c1ccccc1. The fourth-order valence-corrected chi connectivity index (χ4v) is 5.54. The number of anilines is 1. The summed E-state index contributed by atoms with van der Waals surface area (Å²) in [5.74, 6) is 0.394. The Morgan fingerprint density at radius 2 is 1.79 bits per heavy atom. The van der Waals surface area contributed by atoms with Gasteiger partial charge in [-0.3, -0.25) is 14.4 Å². The van der Waals surface area contributed by atoms with Crippen LogP contribution in [0.15, 0.2) is 30.3 Å². The molecule has 2 heterocycles. The summed E-state index contributed by atoms with van der Waals surface area (Å²) in [5.41, 5.74) is 0.238. The number of ether oxygens (including phenoxy) is 1. The molecule has 3 fully saturated rings. The van der Waals surface area contributed by atoms with Crippen LogP contribution in [0, 0.1) is 5.92 Å². The normalized spacial score (nSPS) is 21.0. The number of nitrogens with one attached hydrogen (secondary N) is 1. The van der Waals surface area contributed by atoms with Crippen molar-refractivity contribution in [1.82, 2.24) is 15.1 Å². The first-order valence-corrected chi connectivity index (χ1v) is 12.2. The summed E-state index contributed by atoms with van der Waals surface area (Å²) < 4.78 is 4.99. The fourth-order valence-electron chi connectivity index (χ4n) is 5.54. The summed E-state index contributed by atoms with van der Waals surface area (Å²) in [5, 5.41) is 3.06. The number of carbonyl (C=O) groups is 3. The third kappa shape index (κ3) is 5.16. The molecule has 1 spiro atoms. The Hall–Kier alpha value is -2.61. The number of hydrogen-bond donors (Lipinski definition) is 1. The number of para-hydroxylation sites is 1. The molecule has 2 aliphatic heterocycles. The van der Waals surface area contributed by atoms with Crippen LogP contribution < -0.4 is 10.2 Å². The van der Waals surface area contributed by atoms with Gasteiger partial charge in [-0.15, -0.1) is 0 Å². The van der Waals surface area contributed by atoms with Crippen molar-refractivity contribution in [3.63, 3.8) is 0 Å². The van der Waals surface area contributed by atoms with E-state index in [1.165, 1.54) is 39.2 Å². The second kappa shape index (κ2) is 10.5. The summed E-state index contributed by atoms with van der Waals surface area (Å²) in [6.07, 6.45) is 7.19. The van der Waals surface area contributed by atoms with Gasteiger partial charge in [0.05, 0.1) is 6.67 Å². The largest absolute Gasteiger partial charge is 0.375 e. The van der Waals surface area contributed by atoms with Crippen LogP contribution >= 0.6 is 0 Å². The lowest BCUT2D eigenvalue weighted by Crippen LogP contribution is -2.57. The van der Waals surface area contributed by atoms with Crippen LogP contribution in [-0.2, 0) is 19.1 Å². The van der Waals surface area contributed by atoms with Crippen molar-refractivity contribution in [3.05, 3.63) is 30.3 Å². The van der Waals surface area contributed by atoms with E-state index in [-0.39, 0.29) is 30.9 Å². The highest BCUT2D eigenvalue weighted by molar-refractivity contribution is 5.96. The molecule has 180 valence electrons. The van der Waals surface area contributed by atoms with Gasteiger partial charge in [0.25, 0.3) is 5.91 Å². The highest BCUT2D eigenvalue weighted by atomic mass is 16.5. The first kappa shape index (κ1) is 23.5. The van der Waals surface area contributed by atoms with Crippen molar-refractivity contribution in [1.29, 1.82) is 0 Å². The van der Waals surface area contributed by atoms with Gasteiger partial charge in [-0.2, -0.15) is 0 Å². The first-order chi connectivity index (χ1) is 16.0. The molecular formula is C25H36N4O4. The van der Waals surface area contributed by atoms with E-state index >= 15 is 0 Å². The minimum absolute atomic E-state index is 0.0157. The van der Waals surface area contributed by atoms with E-state index in [1.54, 1.807) is 9.80 Å². The number of hydrogen-bond acceptors (Lipinski definition) is 5. The van der Waals surface area contributed by atoms with Crippen LogP contribution in [-0.4, -0.2) is 79.6 Å². The maximum Gasteiger partial charge on any atom is 0.250 e. The van der Waals surface area contributed by atoms with Gasteiger partial charge >= 0.3 is 0 Å². The Balaban J connectivity index is 1.44. The van der Waals surface area contributed by atoms with E-state index < -0.39 is 5.54 Å². The number of benzene rings is 1. The molecule has 0 bridgehead atoms. The molecule has 33 heavy (non-hydrogen) atoms. The third-order valence-electron chi connectivity index (χ3n) is 7.44. The van der Waals surface area contributed by atoms with E-state index in [0.29, 0.717) is 45.1 Å². The van der Waals surface area contributed by atoms with Crippen LogP contribution in [0.2, 0.25) is 0 Å². The molecule has 8 heteroatoms. The van der Waals surface area contributed by atoms with Crippen molar-refractivity contribution in [2.24, 2.45) is 5.92 Å². The minimum Gasteiger partial charge on any atom is -0.375 e. The van der Waals surface area contributed by atoms with Crippen molar-refractivity contribution < 1.29 is 19.1 Å². The lowest BCUT2D eigenvalue weighted by molar-refractivity contribution is -0.141. The molecule has 3 amide bonds. The molecule has 3 aliphatic rings. The molecule has 1 aromatic carbocycles. The second-order valence-electron chi connectivity index (χ2n) is 9.56. The maximum atomic E-state index is 13.7. The highest BCUT2D eigenvalue weighted by Crippen LogP contribution is 2.39. The van der Waals surface area contributed by atoms with Crippen molar-refractivity contribution >= 4 is 23.4 Å². The zero-order chi connectivity index (χ0) is 23.3. The molecule has 0 aromatic heterocycles. The Morgan fingerprint density at radius 1 is 1.09 bits per heavy atom. The van der Waals surface area contributed by atoms with Gasteiger partial charge in [-0.1, -0.05) is 37.5 Å². The standard InChI is InChI=1S/C25H36N4O4/c1-33-18-23(31)27-14-12-25(13-15-27)24(32)28(19-29(25)21-10-6-3-7-11-21)17-22(30)26-16-20-8-4-2-5-9-20/h3,6-7,10-11,20H,2,4-5,8-9,12-19H2,1H3,(H,26,30). The zero-order valence-corrected chi connectivity index (χ0v) is 19.6. The van der Waals surface area contributed by atoms with Crippen LogP contribution in [0.4, 0.5) is 5.69 Å². The van der Waals surface area contributed by atoms with Crippen molar-refractivity contribution in [3.8, 4) is 0 Å². The van der Waals surface area contributed by atoms with Gasteiger partial charge in [0.1, 0.15) is 18.7 Å². The molecule has 8 nitrogen and oxygen atoms in total. The van der Waals surface area contributed by atoms with Crippen LogP contribution in [0.1, 0.15) is 44.9 Å². The number of piperidine rings is 1. The third-order valence-corrected chi connectivity index (χ3v) is 7.44. The molecule has 1 aliphatic carbocycles. The van der Waals surface area contributed by atoms with E-state index in [9.17, 15) is 14.4 Å². The Bertz CT molecular complexity index is 832. The van der Waals surface area contributed by atoms with Gasteiger partial charge in [-0.05, 0) is 43.7 Å². The van der Waals surface area contributed by atoms with Gasteiger partial charge < -0.3 is 24.8 Å². The average molecular weight is 457 g/mol. The monoisotopic (exact) mass is 456 g/mol. The van der Waals surface area contributed by atoms with Gasteiger partial charge in [0.2, 0.25) is 11.8 Å². The zero-order valence-electron chi connectivity index (χ0n) is 19.6. The van der Waals surface area contributed by atoms with Crippen LogP contribution in [0.5, 0.6) is 0 Å². The topological polar surface area (TPSA) is 82.2 Å². The van der Waals surface area contributed by atoms with Gasteiger partial charge in [0, 0.05) is 32.4 Å². The predicted octanol–water partition coefficient (Wildman–Crippen LogP) is 2.00. The summed E-state index contributed by atoms with van der Waals surface area (Å²) >= 11 is 0. The number of amides is 3. The lowest BCUT2D eigenvalue weighted by atomic mass is 9.85. The smallest absolute Gasteiger partial charge is 0.250 e. The maximum absolute atomic E-state index is 13.7. The quantitative estimate of drug-likeness (QED) is 0.679. The predicted molar refractivity (Wildman–Crippen MR) is 126 cm³/mol. The number of rotatable bonds is 7. The molecule has 1 N–H and O–H groups in total. The van der Waals surface area contributed by atoms with Crippen molar-refractivity contribution in [2.45, 2.75) is 50.5 Å². The van der Waals surface area contributed by atoms with Crippen molar-refractivity contribution in [2.75, 3.05) is 51.5 Å². The van der Waals surface area contributed by atoms with E-state index in [4.69, 9.17) is 4.74 Å². The Kier molecular flexibility index (Phi) is 7.53. The molecule has 1 aromatic rings.